The average molecular weight is 373 g/mol. The normalized spacial score (nSPS) is 21.1. The molecule has 1 saturated heterocycles. The first kappa shape index (κ1) is 19.5. The Morgan fingerprint density at radius 1 is 1.33 bits per heavy atom. The van der Waals surface area contributed by atoms with Crippen molar-refractivity contribution in [2.24, 2.45) is 21.9 Å². The Labute approximate surface area is 158 Å². The van der Waals surface area contributed by atoms with Crippen LogP contribution >= 0.6 is 0 Å². The molecule has 4 nitrogen and oxygen atoms in total. The molecule has 27 heavy (non-hydrogen) atoms. The zero-order valence-electron chi connectivity index (χ0n) is 15.5. The largest absolute Gasteiger partial charge is 0.376 e. The molecule has 6 heteroatoms. The first-order valence-corrected chi connectivity index (χ1v) is 9.41. The van der Waals surface area contributed by atoms with Gasteiger partial charge in [-0.3, -0.25) is 4.99 Å². The quantitative estimate of drug-likeness (QED) is 0.369. The highest BCUT2D eigenvalue weighted by molar-refractivity contribution is 6.33. The van der Waals surface area contributed by atoms with Crippen molar-refractivity contribution in [3.05, 3.63) is 34.9 Å². The molecule has 1 heterocycles. The lowest BCUT2D eigenvalue weighted by molar-refractivity contribution is 0.0225. The first-order valence-electron chi connectivity index (χ1n) is 9.41. The highest BCUT2D eigenvalue weighted by atomic mass is 19.3. The molecular formula is C21H25F2N3O. The van der Waals surface area contributed by atoms with E-state index < -0.39 is 11.6 Å². The van der Waals surface area contributed by atoms with Crippen LogP contribution < -0.4 is 5.84 Å². The molecule has 1 unspecified atom stereocenters. The Balaban J connectivity index is 1.76. The summed E-state index contributed by atoms with van der Waals surface area (Å²) < 4.78 is 35.7. The molecule has 0 radical (unpaired) electrons. The number of benzene rings is 1. The molecule has 144 valence electrons. The number of ether oxygens (including phenoxy) is 1. The van der Waals surface area contributed by atoms with Gasteiger partial charge in [-0.15, -0.1) is 0 Å². The number of nitrogens with zero attached hydrogens (tertiary/aromatic N) is 2. The second-order valence-corrected chi connectivity index (χ2v) is 7.14. The molecule has 0 spiro atoms. The van der Waals surface area contributed by atoms with Gasteiger partial charge in [0.15, 0.2) is 5.71 Å². The monoisotopic (exact) mass is 373 g/mol. The van der Waals surface area contributed by atoms with Crippen LogP contribution in [0.3, 0.4) is 0 Å². The number of alkyl halides is 2. The summed E-state index contributed by atoms with van der Waals surface area (Å²) in [5.41, 5.74) is 0.330. The number of hydrogen-bond acceptors (Lipinski definition) is 4. The molecule has 2 fully saturated rings. The van der Waals surface area contributed by atoms with Crippen LogP contribution in [0.4, 0.5) is 8.78 Å². The first-order chi connectivity index (χ1) is 13.0. The minimum absolute atomic E-state index is 0.0228. The molecule has 1 aliphatic heterocycles. The van der Waals surface area contributed by atoms with Crippen molar-refractivity contribution in [2.45, 2.75) is 51.1 Å². The minimum Gasteiger partial charge on any atom is -0.376 e. The average Bonchev–Trinajstić information content (AvgIpc) is 3.49. The third kappa shape index (κ3) is 5.14. The van der Waals surface area contributed by atoms with Crippen LogP contribution in [-0.2, 0) is 10.7 Å². The van der Waals surface area contributed by atoms with Gasteiger partial charge in [0.05, 0.1) is 18.9 Å². The van der Waals surface area contributed by atoms with Gasteiger partial charge in [-0.2, -0.15) is 13.9 Å². The smallest absolute Gasteiger partial charge is 0.318 e. The molecule has 2 aliphatic rings. The molecule has 0 amide bonds. The lowest BCUT2D eigenvalue weighted by Crippen LogP contribution is -2.30. The van der Waals surface area contributed by atoms with Gasteiger partial charge in [-0.05, 0) is 56.7 Å². The summed E-state index contributed by atoms with van der Waals surface area (Å²) in [6.45, 7) is 2.67. The fourth-order valence-corrected chi connectivity index (χ4v) is 2.99. The SMILES string of the molecule is Cc1ccc(C#CC2CC2)cc1C(F)(F)/C(C=NCC1CCCCO1)=N/N. The lowest BCUT2D eigenvalue weighted by atomic mass is 9.96. The van der Waals surface area contributed by atoms with E-state index in [4.69, 9.17) is 10.6 Å². The predicted octanol–water partition coefficient (Wildman–Crippen LogP) is 3.80. The Morgan fingerprint density at radius 2 is 2.15 bits per heavy atom. The molecule has 0 aromatic heterocycles. The van der Waals surface area contributed by atoms with Crippen LogP contribution in [0.15, 0.2) is 28.3 Å². The van der Waals surface area contributed by atoms with E-state index in [0.717, 1.165) is 38.3 Å². The predicted molar refractivity (Wildman–Crippen MR) is 103 cm³/mol. The number of hydrogen-bond donors (Lipinski definition) is 1. The summed E-state index contributed by atoms with van der Waals surface area (Å²) in [6, 6.07) is 4.84. The van der Waals surface area contributed by atoms with Crippen molar-refractivity contribution < 1.29 is 13.5 Å². The molecule has 1 saturated carbocycles. The van der Waals surface area contributed by atoms with Crippen molar-refractivity contribution >= 4 is 11.9 Å². The standard InChI is InChI=1S/C21H25F2N3O/c1-15-5-6-17(10-9-16-7-8-16)12-19(15)21(22,23)20(26-24)14-25-13-18-4-2-3-11-27-18/h5-6,12,14,16,18H,2-4,7-8,11,13,24H2,1H3/b25-14?,26-20+. The van der Waals surface area contributed by atoms with Crippen molar-refractivity contribution in [3.63, 3.8) is 0 Å². The van der Waals surface area contributed by atoms with Gasteiger partial charge in [0.25, 0.3) is 0 Å². The van der Waals surface area contributed by atoms with E-state index in [0.29, 0.717) is 30.2 Å². The van der Waals surface area contributed by atoms with E-state index in [2.05, 4.69) is 21.9 Å². The third-order valence-corrected chi connectivity index (χ3v) is 4.83. The number of aliphatic imine (C=N–C) groups is 1. The number of aryl methyl sites for hydroxylation is 1. The maximum Gasteiger partial charge on any atom is 0.318 e. The van der Waals surface area contributed by atoms with Crippen LogP contribution in [-0.4, -0.2) is 31.2 Å². The summed E-state index contributed by atoms with van der Waals surface area (Å²) in [6.07, 6.45) is 6.23. The molecule has 0 bridgehead atoms. The molecule has 1 aromatic rings. The lowest BCUT2D eigenvalue weighted by Gasteiger charge is -2.21. The second kappa shape index (κ2) is 8.62. The molecule has 2 N–H and O–H groups in total. The van der Waals surface area contributed by atoms with Crippen LogP contribution in [0.5, 0.6) is 0 Å². The van der Waals surface area contributed by atoms with Crippen molar-refractivity contribution in [1.82, 2.24) is 0 Å². The van der Waals surface area contributed by atoms with Gasteiger partial charge in [0.1, 0.15) is 0 Å². The van der Waals surface area contributed by atoms with E-state index in [-0.39, 0.29) is 11.7 Å². The van der Waals surface area contributed by atoms with Crippen LogP contribution in [0, 0.1) is 24.7 Å². The van der Waals surface area contributed by atoms with E-state index in [1.807, 2.05) is 0 Å². The Bertz CT molecular complexity index is 782. The Morgan fingerprint density at radius 3 is 2.81 bits per heavy atom. The van der Waals surface area contributed by atoms with Gasteiger partial charge < -0.3 is 10.6 Å². The van der Waals surface area contributed by atoms with E-state index in [9.17, 15) is 0 Å². The van der Waals surface area contributed by atoms with Gasteiger partial charge in [-0.25, -0.2) is 0 Å². The van der Waals surface area contributed by atoms with Crippen molar-refractivity contribution in [3.8, 4) is 11.8 Å². The summed E-state index contributed by atoms with van der Waals surface area (Å²) in [4.78, 5) is 4.11. The fourth-order valence-electron chi connectivity index (χ4n) is 2.99. The Hall–Kier alpha value is -2.26. The number of hydrazone groups is 1. The zero-order valence-corrected chi connectivity index (χ0v) is 15.5. The maximum atomic E-state index is 15.1. The van der Waals surface area contributed by atoms with E-state index >= 15 is 8.78 Å². The highest BCUT2D eigenvalue weighted by Gasteiger charge is 2.39. The molecular weight excluding hydrogens is 348 g/mol. The highest BCUT2D eigenvalue weighted by Crippen LogP contribution is 2.33. The van der Waals surface area contributed by atoms with Crippen molar-refractivity contribution in [2.75, 3.05) is 13.2 Å². The van der Waals surface area contributed by atoms with E-state index in [1.54, 1.807) is 19.1 Å². The second-order valence-electron chi connectivity index (χ2n) is 7.14. The van der Waals surface area contributed by atoms with Crippen LogP contribution in [0.25, 0.3) is 0 Å². The molecule has 1 aromatic carbocycles. The summed E-state index contributed by atoms with van der Waals surface area (Å²) >= 11 is 0. The number of nitrogens with two attached hydrogens (primary N) is 1. The van der Waals surface area contributed by atoms with Gasteiger partial charge in [0.2, 0.25) is 0 Å². The number of halogens is 2. The number of rotatable bonds is 5. The van der Waals surface area contributed by atoms with Gasteiger partial charge in [0, 0.05) is 23.7 Å². The maximum absolute atomic E-state index is 15.1. The third-order valence-electron chi connectivity index (χ3n) is 4.83. The Kier molecular flexibility index (Phi) is 6.22. The van der Waals surface area contributed by atoms with Crippen LogP contribution in [0.2, 0.25) is 0 Å². The van der Waals surface area contributed by atoms with Crippen molar-refractivity contribution in [1.29, 1.82) is 0 Å². The molecule has 1 aliphatic carbocycles. The van der Waals surface area contributed by atoms with Gasteiger partial charge in [-0.1, -0.05) is 17.9 Å². The van der Waals surface area contributed by atoms with E-state index in [1.165, 1.54) is 6.07 Å². The fraction of sp³-hybridized carbons (Fsp3) is 0.524. The molecule has 3 rings (SSSR count). The molecule has 1 atom stereocenters. The zero-order chi connectivity index (χ0) is 19.3. The topological polar surface area (TPSA) is 60.0 Å². The van der Waals surface area contributed by atoms with Crippen LogP contribution in [0.1, 0.15) is 48.8 Å². The van der Waals surface area contributed by atoms with Gasteiger partial charge >= 0.3 is 5.92 Å². The summed E-state index contributed by atoms with van der Waals surface area (Å²) in [7, 11) is 0. The summed E-state index contributed by atoms with van der Waals surface area (Å²) in [5.74, 6) is 8.42. The summed E-state index contributed by atoms with van der Waals surface area (Å²) in [5, 5.41) is 3.31. The minimum atomic E-state index is -3.34.